The Balaban J connectivity index is 1.75. The molecule has 0 aromatic heterocycles. The first-order chi connectivity index (χ1) is 16.7. The first kappa shape index (κ1) is 23.4. The monoisotopic (exact) mass is 492 g/mol. The van der Waals surface area contributed by atoms with Crippen molar-refractivity contribution in [2.24, 2.45) is 5.92 Å². The number of rotatable bonds is 4. The molecule has 2 aliphatic rings. The molecule has 0 saturated heterocycles. The summed E-state index contributed by atoms with van der Waals surface area (Å²) in [5.74, 6) is -0.177. The molecule has 0 saturated carbocycles. The largest absolute Gasteiger partial charge is 0.488 e. The van der Waals surface area contributed by atoms with Gasteiger partial charge in [0.05, 0.1) is 11.3 Å². The average molecular weight is 493 g/mol. The average Bonchev–Trinajstić information content (AvgIpc) is 2.91. The van der Waals surface area contributed by atoms with E-state index in [-0.39, 0.29) is 23.1 Å². The van der Waals surface area contributed by atoms with Crippen LogP contribution in [-0.4, -0.2) is 43.4 Å². The summed E-state index contributed by atoms with van der Waals surface area (Å²) in [6, 6.07) is 17.8. The van der Waals surface area contributed by atoms with Gasteiger partial charge in [0, 0.05) is 37.0 Å². The third-order valence-corrected chi connectivity index (χ3v) is 8.70. The summed E-state index contributed by atoms with van der Waals surface area (Å²) in [6.07, 6.45) is 0.716. The summed E-state index contributed by atoms with van der Waals surface area (Å²) in [5, 5.41) is 9.50. The number of carboxylic acid groups (broad SMARTS) is 1. The van der Waals surface area contributed by atoms with Gasteiger partial charge in [0.15, 0.2) is 0 Å². The van der Waals surface area contributed by atoms with E-state index >= 15 is 0 Å². The zero-order valence-corrected chi connectivity index (χ0v) is 20.7. The smallest absolute Gasteiger partial charge is 0.335 e. The van der Waals surface area contributed by atoms with E-state index in [1.807, 2.05) is 30.3 Å². The maximum absolute atomic E-state index is 13.9. The van der Waals surface area contributed by atoms with Gasteiger partial charge in [-0.2, -0.15) is 4.31 Å². The van der Waals surface area contributed by atoms with Gasteiger partial charge >= 0.3 is 5.97 Å². The van der Waals surface area contributed by atoms with Crippen molar-refractivity contribution in [1.82, 2.24) is 4.31 Å². The summed E-state index contributed by atoms with van der Waals surface area (Å²) in [7, 11) is -2.19. The summed E-state index contributed by atoms with van der Waals surface area (Å²) in [5.41, 5.74) is 3.69. The molecule has 0 aliphatic carbocycles. The molecule has 0 bridgehead atoms. The van der Waals surface area contributed by atoms with Gasteiger partial charge in [-0.3, -0.25) is 0 Å². The van der Waals surface area contributed by atoms with Crippen LogP contribution in [0, 0.1) is 5.92 Å². The second-order valence-corrected chi connectivity index (χ2v) is 11.5. The van der Waals surface area contributed by atoms with Crippen molar-refractivity contribution < 1.29 is 23.1 Å². The lowest BCUT2D eigenvalue weighted by Crippen LogP contribution is -2.41. The molecule has 0 radical (unpaired) electrons. The number of nitrogens with zero attached hydrogens (tertiary/aromatic N) is 2. The number of anilines is 2. The quantitative estimate of drug-likeness (QED) is 0.543. The van der Waals surface area contributed by atoms with E-state index in [0.717, 1.165) is 11.3 Å². The minimum Gasteiger partial charge on any atom is -0.488 e. The van der Waals surface area contributed by atoms with Gasteiger partial charge in [-0.25, -0.2) is 13.2 Å². The van der Waals surface area contributed by atoms with E-state index in [0.29, 0.717) is 41.4 Å². The number of aromatic carboxylic acids is 1. The Labute approximate surface area is 205 Å². The van der Waals surface area contributed by atoms with Crippen LogP contribution in [0.25, 0.3) is 11.1 Å². The summed E-state index contributed by atoms with van der Waals surface area (Å²) in [4.78, 5) is 13.8. The maximum Gasteiger partial charge on any atom is 0.335 e. The lowest BCUT2D eigenvalue weighted by molar-refractivity contribution is 0.0697. The highest BCUT2D eigenvalue weighted by molar-refractivity contribution is 7.89. The van der Waals surface area contributed by atoms with Crippen LogP contribution in [0.3, 0.4) is 0 Å². The van der Waals surface area contributed by atoms with Crippen molar-refractivity contribution in [2.75, 3.05) is 18.5 Å². The fourth-order valence-electron chi connectivity index (χ4n) is 4.93. The Bertz CT molecular complexity index is 1400. The predicted molar refractivity (Wildman–Crippen MR) is 135 cm³/mol. The molecule has 5 rings (SSSR count). The summed E-state index contributed by atoms with van der Waals surface area (Å²) >= 11 is 0. The number of carboxylic acids is 1. The standard InChI is InChI=1S/C27H28N2O5S/c1-17(2)11-21-15-29(20-7-5-4-6-8-20)24-14-25-23(13-26(24)35(32,33)28(21)3)22-12-18(27(30)31)9-10-19(22)16-34-25/h4-10,12-14,17,21H,11,15-16H2,1-3H3,(H,30,31)/t21-/m1/s1. The van der Waals surface area contributed by atoms with Crippen molar-refractivity contribution in [3.63, 3.8) is 0 Å². The molecule has 0 fully saturated rings. The van der Waals surface area contributed by atoms with Crippen LogP contribution >= 0.6 is 0 Å². The number of hydrogen-bond acceptors (Lipinski definition) is 5. The molecule has 35 heavy (non-hydrogen) atoms. The summed E-state index contributed by atoms with van der Waals surface area (Å²) in [6.45, 7) is 4.97. The molecule has 8 heteroatoms. The van der Waals surface area contributed by atoms with E-state index in [9.17, 15) is 18.3 Å². The van der Waals surface area contributed by atoms with Gasteiger partial charge in [0.25, 0.3) is 0 Å². The number of hydrogen-bond donors (Lipinski definition) is 1. The Morgan fingerprint density at radius 3 is 2.51 bits per heavy atom. The minimum atomic E-state index is -3.84. The van der Waals surface area contributed by atoms with Crippen molar-refractivity contribution >= 4 is 27.4 Å². The molecule has 1 atom stereocenters. The van der Waals surface area contributed by atoms with E-state index < -0.39 is 16.0 Å². The molecule has 1 N–H and O–H groups in total. The van der Waals surface area contributed by atoms with Gasteiger partial charge in [0.2, 0.25) is 10.0 Å². The molecular weight excluding hydrogens is 464 g/mol. The topological polar surface area (TPSA) is 87.2 Å². The van der Waals surface area contributed by atoms with Gasteiger partial charge in [-0.05, 0) is 53.8 Å². The van der Waals surface area contributed by atoms with Crippen LogP contribution in [-0.2, 0) is 16.6 Å². The van der Waals surface area contributed by atoms with Crippen molar-refractivity contribution in [3.8, 4) is 16.9 Å². The first-order valence-corrected chi connectivity index (χ1v) is 13.1. The third kappa shape index (κ3) is 4.06. The fourth-order valence-corrected chi connectivity index (χ4v) is 6.49. The Kier molecular flexibility index (Phi) is 5.81. The molecule has 182 valence electrons. The zero-order valence-electron chi connectivity index (χ0n) is 19.9. The first-order valence-electron chi connectivity index (χ1n) is 11.6. The van der Waals surface area contributed by atoms with Crippen molar-refractivity contribution in [1.29, 1.82) is 0 Å². The van der Waals surface area contributed by atoms with E-state index in [1.165, 1.54) is 10.4 Å². The van der Waals surface area contributed by atoms with Gasteiger partial charge in [0.1, 0.15) is 17.3 Å². The van der Waals surface area contributed by atoms with Crippen LogP contribution in [0.2, 0.25) is 0 Å². The van der Waals surface area contributed by atoms with Gasteiger partial charge < -0.3 is 14.7 Å². The number of para-hydroxylation sites is 1. The molecule has 3 aromatic rings. The number of sulfonamides is 1. The van der Waals surface area contributed by atoms with Crippen LogP contribution in [0.1, 0.15) is 36.2 Å². The van der Waals surface area contributed by atoms with Crippen LogP contribution in [0.5, 0.6) is 5.75 Å². The fraction of sp³-hybridized carbons (Fsp3) is 0.296. The van der Waals surface area contributed by atoms with Gasteiger partial charge in [-0.1, -0.05) is 38.1 Å². The summed E-state index contributed by atoms with van der Waals surface area (Å²) < 4.78 is 35.4. The highest BCUT2D eigenvalue weighted by Gasteiger charge is 2.38. The highest BCUT2D eigenvalue weighted by atomic mass is 32.2. The van der Waals surface area contributed by atoms with Crippen LogP contribution < -0.4 is 9.64 Å². The number of benzene rings is 3. The zero-order chi connectivity index (χ0) is 24.9. The van der Waals surface area contributed by atoms with E-state index in [2.05, 4.69) is 18.7 Å². The van der Waals surface area contributed by atoms with Gasteiger partial charge in [-0.15, -0.1) is 0 Å². The molecule has 0 spiro atoms. The number of fused-ring (bicyclic) bond motifs is 4. The van der Waals surface area contributed by atoms with Crippen molar-refractivity contribution in [2.45, 2.75) is 37.8 Å². The Hall–Kier alpha value is -3.36. The molecule has 7 nitrogen and oxygen atoms in total. The lowest BCUT2D eigenvalue weighted by Gasteiger charge is -2.31. The second-order valence-electron chi connectivity index (χ2n) is 9.53. The van der Waals surface area contributed by atoms with E-state index in [4.69, 9.17) is 4.74 Å². The number of ether oxygens (including phenoxy) is 1. The molecule has 3 aromatic carbocycles. The number of carbonyl (C=O) groups is 1. The molecule has 0 unspecified atom stereocenters. The Morgan fingerprint density at radius 2 is 1.83 bits per heavy atom. The maximum atomic E-state index is 13.9. The second kappa shape index (κ2) is 8.70. The third-order valence-electron chi connectivity index (χ3n) is 6.76. The minimum absolute atomic E-state index is 0.148. The predicted octanol–water partition coefficient (Wildman–Crippen LogP) is 5.13. The molecule has 2 heterocycles. The highest BCUT2D eigenvalue weighted by Crippen LogP contribution is 2.46. The van der Waals surface area contributed by atoms with Crippen molar-refractivity contribution in [3.05, 3.63) is 71.8 Å². The SMILES string of the molecule is CC(C)C[C@@H]1CN(c2ccccc2)c2cc3c(cc2S(=O)(=O)N1C)-c1cc(C(=O)O)ccc1CO3. The van der Waals surface area contributed by atoms with Crippen LogP contribution in [0.15, 0.2) is 65.6 Å². The lowest BCUT2D eigenvalue weighted by atomic mass is 9.94. The molecular formula is C27H28N2O5S. The molecule has 2 aliphatic heterocycles. The number of likely N-dealkylation sites (N-methyl/N-ethyl adjacent to an activating group) is 1. The van der Waals surface area contributed by atoms with Crippen LogP contribution in [0.4, 0.5) is 11.4 Å². The Morgan fingerprint density at radius 1 is 1.09 bits per heavy atom. The van der Waals surface area contributed by atoms with E-state index in [1.54, 1.807) is 31.3 Å². The normalized spacial score (nSPS) is 18.7. The molecule has 0 amide bonds.